The van der Waals surface area contributed by atoms with Crippen molar-refractivity contribution in [3.8, 4) is 0 Å². The third kappa shape index (κ3) is 2.87. The van der Waals surface area contributed by atoms with Crippen molar-refractivity contribution in [1.29, 1.82) is 0 Å². The monoisotopic (exact) mass is 278 g/mol. The highest BCUT2D eigenvalue weighted by Crippen LogP contribution is 2.24. The molecule has 0 unspecified atom stereocenters. The van der Waals surface area contributed by atoms with Crippen LogP contribution >= 0.6 is 0 Å². The summed E-state index contributed by atoms with van der Waals surface area (Å²) in [5, 5.41) is 16.8. The number of carbonyl (C=O) groups excluding carboxylic acids is 1. The van der Waals surface area contributed by atoms with E-state index in [1.54, 1.807) is 0 Å². The van der Waals surface area contributed by atoms with Crippen LogP contribution in [0.5, 0.6) is 0 Å². The number of anilines is 1. The molecule has 0 spiro atoms. The van der Waals surface area contributed by atoms with Gasteiger partial charge in [0.05, 0.1) is 11.5 Å². The molecule has 1 heterocycles. The number of carbonyl (C=O) groups is 1. The smallest absolute Gasteiger partial charge is 0.293 e. The average molecular weight is 278 g/mol. The van der Waals surface area contributed by atoms with E-state index in [-0.39, 0.29) is 23.5 Å². The Bertz CT molecular complexity index is 627. The van der Waals surface area contributed by atoms with Crippen LogP contribution in [-0.2, 0) is 6.54 Å². The first kappa shape index (κ1) is 13.4. The van der Waals surface area contributed by atoms with Crippen molar-refractivity contribution in [2.45, 2.75) is 6.54 Å². The maximum atomic E-state index is 11.9. The van der Waals surface area contributed by atoms with Crippen molar-refractivity contribution < 1.29 is 14.2 Å². The number of rotatable bonds is 5. The molecule has 0 aliphatic rings. The second-order valence-electron chi connectivity index (χ2n) is 3.66. The molecule has 0 aliphatic carbocycles. The number of hydrazine groups is 1. The molecule has 0 radical (unpaired) electrons. The number of nitro groups is 1. The van der Waals surface area contributed by atoms with Crippen molar-refractivity contribution >= 4 is 17.3 Å². The molecule has 2 aromatic rings. The van der Waals surface area contributed by atoms with Crippen LogP contribution in [0, 0.1) is 10.1 Å². The van der Waals surface area contributed by atoms with Gasteiger partial charge in [0.2, 0.25) is 6.39 Å². The van der Waals surface area contributed by atoms with Gasteiger partial charge in [0.1, 0.15) is 5.69 Å². The van der Waals surface area contributed by atoms with E-state index in [1.165, 1.54) is 18.2 Å². The molecule has 20 heavy (non-hydrogen) atoms. The number of nitro benzene ring substituents is 1. The summed E-state index contributed by atoms with van der Waals surface area (Å²) in [6, 6.07) is 3.80. The van der Waals surface area contributed by atoms with Gasteiger partial charge >= 0.3 is 0 Å². The molecule has 104 valence electrons. The average Bonchev–Trinajstić information content (AvgIpc) is 2.97. The van der Waals surface area contributed by atoms with Gasteiger partial charge in [-0.05, 0) is 12.1 Å². The molecular weight excluding hydrogens is 268 g/mol. The Kier molecular flexibility index (Phi) is 3.86. The normalized spacial score (nSPS) is 10.1. The third-order valence-corrected chi connectivity index (χ3v) is 2.42. The standard InChI is InChI=1S/C10H10N6O4/c11-14-7-3-6(1-2-8(7)16(18)19)10(17)12-4-9-13-5-20-15-9/h1-3,5,14H,4,11H2,(H,12,17). The summed E-state index contributed by atoms with van der Waals surface area (Å²) in [6.07, 6.45) is 1.14. The van der Waals surface area contributed by atoms with Gasteiger partial charge in [-0.3, -0.25) is 20.8 Å². The summed E-state index contributed by atoms with van der Waals surface area (Å²) < 4.78 is 4.52. The number of hydrogen-bond acceptors (Lipinski definition) is 8. The molecule has 0 bridgehead atoms. The number of aromatic nitrogens is 2. The molecule has 0 atom stereocenters. The van der Waals surface area contributed by atoms with Crippen LogP contribution in [0.15, 0.2) is 29.1 Å². The zero-order chi connectivity index (χ0) is 14.5. The molecule has 1 aromatic heterocycles. The SMILES string of the molecule is NNc1cc(C(=O)NCc2ncon2)ccc1[N+](=O)[O-]. The first-order chi connectivity index (χ1) is 9.61. The lowest BCUT2D eigenvalue weighted by atomic mass is 10.1. The fourth-order valence-electron chi connectivity index (χ4n) is 1.48. The highest BCUT2D eigenvalue weighted by molar-refractivity contribution is 5.95. The number of nitrogens with one attached hydrogen (secondary N) is 2. The van der Waals surface area contributed by atoms with Crippen molar-refractivity contribution in [3.63, 3.8) is 0 Å². The van der Waals surface area contributed by atoms with Gasteiger partial charge in [0, 0.05) is 11.6 Å². The molecule has 0 saturated heterocycles. The zero-order valence-corrected chi connectivity index (χ0v) is 10.1. The Morgan fingerprint density at radius 3 is 2.90 bits per heavy atom. The fourth-order valence-corrected chi connectivity index (χ4v) is 1.48. The molecule has 0 saturated carbocycles. The minimum Gasteiger partial charge on any atom is -0.345 e. The predicted octanol–water partition coefficient (Wildman–Crippen LogP) is 0.193. The Balaban J connectivity index is 2.12. The van der Waals surface area contributed by atoms with E-state index >= 15 is 0 Å². The van der Waals surface area contributed by atoms with E-state index in [9.17, 15) is 14.9 Å². The van der Waals surface area contributed by atoms with Crippen LogP contribution in [0.25, 0.3) is 0 Å². The number of nitrogens with zero attached hydrogens (tertiary/aromatic N) is 3. The Hall–Kier alpha value is -3.01. The summed E-state index contributed by atoms with van der Waals surface area (Å²) in [5.74, 6) is 5.06. The molecule has 2 rings (SSSR count). The summed E-state index contributed by atoms with van der Waals surface area (Å²) in [7, 11) is 0. The Morgan fingerprint density at radius 1 is 1.50 bits per heavy atom. The van der Waals surface area contributed by atoms with Crippen LogP contribution in [0.4, 0.5) is 11.4 Å². The van der Waals surface area contributed by atoms with Gasteiger partial charge in [-0.25, -0.2) is 0 Å². The van der Waals surface area contributed by atoms with Gasteiger partial charge < -0.3 is 15.3 Å². The van der Waals surface area contributed by atoms with Crippen LogP contribution in [0.3, 0.4) is 0 Å². The lowest BCUT2D eigenvalue weighted by Gasteiger charge is -2.06. The summed E-state index contributed by atoms with van der Waals surface area (Å²) in [6.45, 7) is 0.0811. The Morgan fingerprint density at radius 2 is 2.30 bits per heavy atom. The fraction of sp³-hybridized carbons (Fsp3) is 0.100. The van der Waals surface area contributed by atoms with E-state index in [4.69, 9.17) is 5.84 Å². The number of amides is 1. The number of nitrogens with two attached hydrogens (primary N) is 1. The van der Waals surface area contributed by atoms with Gasteiger partial charge in [-0.15, -0.1) is 0 Å². The molecule has 1 amide bonds. The second kappa shape index (κ2) is 5.75. The molecule has 0 fully saturated rings. The van der Waals surface area contributed by atoms with Crippen molar-refractivity contribution in [1.82, 2.24) is 15.5 Å². The lowest BCUT2D eigenvalue weighted by Crippen LogP contribution is -2.23. The first-order valence-corrected chi connectivity index (χ1v) is 5.40. The van der Waals surface area contributed by atoms with Gasteiger partial charge in [0.15, 0.2) is 5.82 Å². The quantitative estimate of drug-likeness (QED) is 0.398. The molecule has 10 heteroatoms. The van der Waals surface area contributed by atoms with Gasteiger partial charge in [-0.1, -0.05) is 5.16 Å². The summed E-state index contributed by atoms with van der Waals surface area (Å²) in [5.41, 5.74) is 2.22. The van der Waals surface area contributed by atoms with Gasteiger partial charge in [0.25, 0.3) is 11.6 Å². The number of nitrogen functional groups attached to an aromatic ring is 1. The molecule has 10 nitrogen and oxygen atoms in total. The van der Waals surface area contributed by atoms with Crippen LogP contribution in [-0.4, -0.2) is 21.0 Å². The number of hydrogen-bond donors (Lipinski definition) is 3. The molecule has 0 aliphatic heterocycles. The molecule has 4 N–H and O–H groups in total. The van der Waals surface area contributed by atoms with Crippen molar-refractivity contribution in [3.05, 3.63) is 46.1 Å². The molecular formula is C10H10N6O4. The number of benzene rings is 1. The second-order valence-corrected chi connectivity index (χ2v) is 3.66. The van der Waals surface area contributed by atoms with E-state index in [0.717, 1.165) is 6.39 Å². The summed E-state index contributed by atoms with van der Waals surface area (Å²) in [4.78, 5) is 25.7. The summed E-state index contributed by atoms with van der Waals surface area (Å²) >= 11 is 0. The maximum absolute atomic E-state index is 11.9. The van der Waals surface area contributed by atoms with Crippen LogP contribution in [0.2, 0.25) is 0 Å². The van der Waals surface area contributed by atoms with E-state index < -0.39 is 10.8 Å². The van der Waals surface area contributed by atoms with Crippen LogP contribution < -0.4 is 16.6 Å². The van der Waals surface area contributed by atoms with Gasteiger partial charge in [-0.2, -0.15) is 4.98 Å². The van der Waals surface area contributed by atoms with E-state index in [2.05, 4.69) is 25.4 Å². The van der Waals surface area contributed by atoms with E-state index in [1.807, 2.05) is 0 Å². The Labute approximate surface area is 112 Å². The third-order valence-electron chi connectivity index (χ3n) is 2.42. The minimum absolute atomic E-state index is 0.0437. The maximum Gasteiger partial charge on any atom is 0.293 e. The largest absolute Gasteiger partial charge is 0.345 e. The topological polar surface area (TPSA) is 149 Å². The first-order valence-electron chi connectivity index (χ1n) is 5.40. The van der Waals surface area contributed by atoms with Crippen molar-refractivity contribution in [2.75, 3.05) is 5.43 Å². The van der Waals surface area contributed by atoms with Crippen LogP contribution in [0.1, 0.15) is 16.2 Å². The highest BCUT2D eigenvalue weighted by atomic mass is 16.6. The lowest BCUT2D eigenvalue weighted by molar-refractivity contribution is -0.384. The van der Waals surface area contributed by atoms with Crippen molar-refractivity contribution in [2.24, 2.45) is 5.84 Å². The minimum atomic E-state index is -0.601. The predicted molar refractivity (Wildman–Crippen MR) is 66.4 cm³/mol. The highest BCUT2D eigenvalue weighted by Gasteiger charge is 2.16. The van der Waals surface area contributed by atoms with E-state index in [0.29, 0.717) is 5.82 Å². The molecule has 1 aromatic carbocycles. The zero-order valence-electron chi connectivity index (χ0n) is 10.1.